The summed E-state index contributed by atoms with van der Waals surface area (Å²) < 4.78 is 11.4. The van der Waals surface area contributed by atoms with Crippen LogP contribution in [0.2, 0.25) is 4.34 Å². The van der Waals surface area contributed by atoms with E-state index in [2.05, 4.69) is 0 Å². The summed E-state index contributed by atoms with van der Waals surface area (Å²) in [5.74, 6) is -0.0368. The van der Waals surface area contributed by atoms with Crippen LogP contribution < -0.4 is 0 Å². The third-order valence-corrected chi connectivity index (χ3v) is 3.42. The summed E-state index contributed by atoms with van der Waals surface area (Å²) in [5.41, 5.74) is 0. The van der Waals surface area contributed by atoms with Gasteiger partial charge in [0.2, 0.25) is 5.78 Å². The van der Waals surface area contributed by atoms with Gasteiger partial charge in [-0.3, -0.25) is 4.79 Å². The number of Topliss-reactive ketones (excluding diaryl/α,β-unsaturated/α-hetero) is 1. The van der Waals surface area contributed by atoms with Crippen molar-refractivity contribution in [2.24, 2.45) is 0 Å². The SMILES string of the molecule is CCOCC(C)OC(C)C(=O)c1ccc(Cl)s1. The molecule has 0 fully saturated rings. The van der Waals surface area contributed by atoms with E-state index in [1.54, 1.807) is 19.1 Å². The van der Waals surface area contributed by atoms with Gasteiger partial charge in [-0.2, -0.15) is 0 Å². The van der Waals surface area contributed by atoms with E-state index in [-0.39, 0.29) is 11.9 Å². The van der Waals surface area contributed by atoms with Gasteiger partial charge in [0.1, 0.15) is 6.10 Å². The van der Waals surface area contributed by atoms with Gasteiger partial charge in [-0.05, 0) is 32.9 Å². The molecule has 2 unspecified atom stereocenters. The van der Waals surface area contributed by atoms with Crippen molar-refractivity contribution in [3.05, 3.63) is 21.3 Å². The molecule has 96 valence electrons. The van der Waals surface area contributed by atoms with Gasteiger partial charge in [-0.25, -0.2) is 0 Å². The van der Waals surface area contributed by atoms with Crippen molar-refractivity contribution in [3.63, 3.8) is 0 Å². The third kappa shape index (κ3) is 4.76. The normalized spacial score (nSPS) is 14.6. The molecule has 1 rings (SSSR count). The summed E-state index contributed by atoms with van der Waals surface area (Å²) in [6.45, 7) is 6.71. The predicted molar refractivity (Wildman–Crippen MR) is 70.2 cm³/mol. The van der Waals surface area contributed by atoms with Gasteiger partial charge in [0.25, 0.3) is 0 Å². The van der Waals surface area contributed by atoms with E-state index in [0.717, 1.165) is 0 Å². The van der Waals surface area contributed by atoms with Crippen LogP contribution in [0.1, 0.15) is 30.4 Å². The number of carbonyl (C=O) groups excluding carboxylic acids is 1. The zero-order valence-electron chi connectivity index (χ0n) is 10.2. The molecule has 0 aliphatic heterocycles. The highest BCUT2D eigenvalue weighted by Crippen LogP contribution is 2.23. The molecule has 0 saturated carbocycles. The van der Waals surface area contributed by atoms with Crippen molar-refractivity contribution in [3.8, 4) is 0 Å². The fourth-order valence-electron chi connectivity index (χ4n) is 1.38. The van der Waals surface area contributed by atoms with E-state index in [0.29, 0.717) is 22.4 Å². The molecule has 5 heteroatoms. The molecule has 0 saturated heterocycles. The molecule has 17 heavy (non-hydrogen) atoms. The van der Waals surface area contributed by atoms with Crippen molar-refractivity contribution in [2.45, 2.75) is 33.0 Å². The van der Waals surface area contributed by atoms with Crippen molar-refractivity contribution < 1.29 is 14.3 Å². The average molecular weight is 277 g/mol. The Hall–Kier alpha value is -0.420. The number of carbonyl (C=O) groups is 1. The Labute approximate surface area is 111 Å². The molecule has 0 amide bonds. The number of rotatable bonds is 7. The van der Waals surface area contributed by atoms with Gasteiger partial charge in [0.05, 0.1) is 21.9 Å². The fraction of sp³-hybridized carbons (Fsp3) is 0.583. The largest absolute Gasteiger partial charge is 0.379 e. The smallest absolute Gasteiger partial charge is 0.201 e. The lowest BCUT2D eigenvalue weighted by Gasteiger charge is -2.17. The Morgan fingerprint density at radius 3 is 2.71 bits per heavy atom. The zero-order chi connectivity index (χ0) is 12.8. The molecular formula is C12H17ClO3S. The molecule has 0 aromatic carbocycles. The Bertz CT molecular complexity index is 364. The molecule has 3 nitrogen and oxygen atoms in total. The van der Waals surface area contributed by atoms with E-state index in [1.807, 2.05) is 13.8 Å². The second kappa shape index (κ2) is 7.11. The number of hydrogen-bond acceptors (Lipinski definition) is 4. The zero-order valence-corrected chi connectivity index (χ0v) is 11.8. The number of hydrogen-bond donors (Lipinski definition) is 0. The number of ketones is 1. The van der Waals surface area contributed by atoms with Gasteiger partial charge in [0.15, 0.2) is 0 Å². The summed E-state index contributed by atoms with van der Waals surface area (Å²) in [6.07, 6.45) is -0.565. The summed E-state index contributed by atoms with van der Waals surface area (Å²) in [5, 5.41) is 0. The molecule has 0 aliphatic carbocycles. The Morgan fingerprint density at radius 2 is 2.18 bits per heavy atom. The first-order chi connectivity index (χ1) is 8.04. The standard InChI is InChI=1S/C12H17ClO3S/c1-4-15-7-8(2)16-9(3)12(14)10-5-6-11(13)17-10/h5-6,8-9H,4,7H2,1-3H3. The van der Waals surface area contributed by atoms with Gasteiger partial charge in [-0.15, -0.1) is 11.3 Å². The molecule has 2 atom stereocenters. The van der Waals surface area contributed by atoms with E-state index in [9.17, 15) is 4.79 Å². The topological polar surface area (TPSA) is 35.5 Å². The molecule has 1 heterocycles. The van der Waals surface area contributed by atoms with Gasteiger partial charge < -0.3 is 9.47 Å². The highest BCUT2D eigenvalue weighted by Gasteiger charge is 2.19. The Kier molecular flexibility index (Phi) is 6.12. The maximum absolute atomic E-state index is 12.0. The van der Waals surface area contributed by atoms with Crippen LogP contribution >= 0.6 is 22.9 Å². The van der Waals surface area contributed by atoms with Crippen molar-refractivity contribution in [1.82, 2.24) is 0 Å². The molecule has 1 aromatic heterocycles. The highest BCUT2D eigenvalue weighted by atomic mass is 35.5. The quantitative estimate of drug-likeness (QED) is 0.716. The van der Waals surface area contributed by atoms with Crippen LogP contribution in [-0.2, 0) is 9.47 Å². The van der Waals surface area contributed by atoms with Crippen LogP contribution in [0.25, 0.3) is 0 Å². The molecule has 0 radical (unpaired) electrons. The predicted octanol–water partition coefficient (Wildman–Crippen LogP) is 3.41. The summed E-state index contributed by atoms with van der Waals surface area (Å²) >= 11 is 7.06. The molecule has 0 N–H and O–H groups in total. The van der Waals surface area contributed by atoms with E-state index in [1.165, 1.54) is 11.3 Å². The first kappa shape index (κ1) is 14.6. The molecule has 0 aliphatic rings. The van der Waals surface area contributed by atoms with Crippen LogP contribution in [0.3, 0.4) is 0 Å². The summed E-state index contributed by atoms with van der Waals surface area (Å²) in [7, 11) is 0. The van der Waals surface area contributed by atoms with E-state index >= 15 is 0 Å². The fourth-order valence-corrected chi connectivity index (χ4v) is 2.44. The van der Waals surface area contributed by atoms with Gasteiger partial charge in [0, 0.05) is 6.61 Å². The van der Waals surface area contributed by atoms with Crippen LogP contribution in [0.15, 0.2) is 12.1 Å². The molecular weight excluding hydrogens is 260 g/mol. The van der Waals surface area contributed by atoms with Gasteiger partial charge >= 0.3 is 0 Å². The van der Waals surface area contributed by atoms with Gasteiger partial charge in [-0.1, -0.05) is 11.6 Å². The highest BCUT2D eigenvalue weighted by molar-refractivity contribution is 7.18. The second-order valence-corrected chi connectivity index (χ2v) is 5.43. The average Bonchev–Trinajstić information content (AvgIpc) is 2.72. The van der Waals surface area contributed by atoms with Crippen molar-refractivity contribution in [2.75, 3.05) is 13.2 Å². The van der Waals surface area contributed by atoms with Crippen molar-refractivity contribution >= 4 is 28.7 Å². The van der Waals surface area contributed by atoms with Crippen LogP contribution in [0, 0.1) is 0 Å². The van der Waals surface area contributed by atoms with E-state index in [4.69, 9.17) is 21.1 Å². The Balaban J connectivity index is 2.47. The first-order valence-electron chi connectivity index (χ1n) is 5.57. The number of ether oxygens (including phenoxy) is 2. The van der Waals surface area contributed by atoms with Crippen molar-refractivity contribution in [1.29, 1.82) is 0 Å². The monoisotopic (exact) mass is 276 g/mol. The minimum absolute atomic E-state index is 0.0368. The first-order valence-corrected chi connectivity index (χ1v) is 6.76. The van der Waals surface area contributed by atoms with Crippen LogP contribution in [-0.4, -0.2) is 31.2 Å². The maximum Gasteiger partial charge on any atom is 0.201 e. The molecule has 1 aromatic rings. The lowest BCUT2D eigenvalue weighted by atomic mass is 10.2. The third-order valence-electron chi connectivity index (χ3n) is 2.18. The maximum atomic E-state index is 12.0. The Morgan fingerprint density at radius 1 is 1.47 bits per heavy atom. The lowest BCUT2D eigenvalue weighted by molar-refractivity contribution is -0.0295. The lowest BCUT2D eigenvalue weighted by Crippen LogP contribution is -2.27. The number of halogens is 1. The van der Waals surface area contributed by atoms with Crippen LogP contribution in [0.5, 0.6) is 0 Å². The number of thiophene rings is 1. The molecule has 0 bridgehead atoms. The van der Waals surface area contributed by atoms with Crippen LogP contribution in [0.4, 0.5) is 0 Å². The second-order valence-electron chi connectivity index (χ2n) is 3.72. The van der Waals surface area contributed by atoms with E-state index < -0.39 is 6.10 Å². The minimum Gasteiger partial charge on any atom is -0.379 e. The summed E-state index contributed by atoms with van der Waals surface area (Å²) in [4.78, 5) is 12.6. The summed E-state index contributed by atoms with van der Waals surface area (Å²) in [6, 6.07) is 3.44. The minimum atomic E-state index is -0.472. The molecule has 0 spiro atoms.